The van der Waals surface area contributed by atoms with Crippen LogP contribution in [0.25, 0.3) is 0 Å². The van der Waals surface area contributed by atoms with Crippen LogP contribution < -0.4 is 61.0 Å². The number of ether oxygens (including phenoxy) is 2. The number of hydrogen-bond acceptors (Lipinski definition) is 4. The SMILES string of the molecule is c1ccc(N2c3ccccc3C(c3ccccc3)(c3ccccc3)c3[nH]c4c(c32)Oc2ccccc2C4(c2ccccc2)c2ccccc2)cc1.c1ccc(N2c3ccccc3[Si](c3ccccc3)(c3ccccc3)c3[nH]c4c(c32)Oc2ccccc2[Si]4(c2ccccc2)c2ccccc2)cc1.c1ccccc1.c1ccccc1. The number of nitrogens with one attached hydrogen (secondary N) is 2. The summed E-state index contributed by atoms with van der Waals surface area (Å²) in [4.78, 5) is 13.5. The summed E-state index contributed by atoms with van der Waals surface area (Å²) < 4.78 is 14.6. The minimum atomic E-state index is -2.99. The average Bonchev–Trinajstić information content (AvgIpc) is 1.49. The lowest BCUT2D eigenvalue weighted by molar-refractivity contribution is 0.433. The number of H-pyrrole nitrogens is 2. The van der Waals surface area contributed by atoms with E-state index in [0.29, 0.717) is 0 Å². The van der Waals surface area contributed by atoms with E-state index in [9.17, 15) is 0 Å². The summed E-state index contributed by atoms with van der Waals surface area (Å²) in [7, 11) is -5.96. The van der Waals surface area contributed by atoms with Crippen LogP contribution in [0, 0.1) is 0 Å². The van der Waals surface area contributed by atoms with Gasteiger partial charge in [0.25, 0.3) is 0 Å². The average molecular weight is 1500 g/mol. The zero-order valence-corrected chi connectivity index (χ0v) is 64.7. The largest absolute Gasteiger partial charge is 0.454 e. The van der Waals surface area contributed by atoms with Crippen molar-refractivity contribution in [1.29, 1.82) is 0 Å². The minimum absolute atomic E-state index is 0.703. The highest BCUT2D eigenvalue weighted by atomic mass is 28.3. The summed E-state index contributed by atoms with van der Waals surface area (Å²) in [5.41, 5.74) is 14.2. The van der Waals surface area contributed by atoms with E-state index in [1.165, 1.54) is 75.3 Å². The molecule has 6 nitrogen and oxygen atoms in total. The van der Waals surface area contributed by atoms with Gasteiger partial charge in [0.2, 0.25) is 16.1 Å². The van der Waals surface area contributed by atoms with E-state index in [4.69, 9.17) is 9.47 Å². The first-order valence-electron chi connectivity index (χ1n) is 39.1. The normalized spacial score (nSPS) is 14.0. The van der Waals surface area contributed by atoms with E-state index in [0.717, 1.165) is 68.4 Å². The minimum Gasteiger partial charge on any atom is -0.454 e. The Labute approximate surface area is 668 Å². The van der Waals surface area contributed by atoms with Crippen molar-refractivity contribution in [3.05, 3.63) is 518 Å². The maximum Gasteiger partial charge on any atom is 0.207 e. The predicted molar refractivity (Wildman–Crippen MR) is 475 cm³/mol. The first kappa shape index (κ1) is 70.1. The highest BCUT2D eigenvalue weighted by molar-refractivity contribution is 7.23. The smallest absolute Gasteiger partial charge is 0.207 e. The number of fused-ring (bicyclic) bond motifs is 10. The number of aromatic amines is 2. The van der Waals surface area contributed by atoms with E-state index in [1.54, 1.807) is 0 Å². The molecule has 544 valence electrons. The van der Waals surface area contributed by atoms with Gasteiger partial charge in [0.1, 0.15) is 22.9 Å². The number of hydrogen-bond donors (Lipinski definition) is 2. The van der Waals surface area contributed by atoms with Crippen molar-refractivity contribution in [3.8, 4) is 23.0 Å². The highest BCUT2D eigenvalue weighted by Gasteiger charge is 2.59. The summed E-state index contributed by atoms with van der Waals surface area (Å²) in [6.07, 6.45) is 0. The number of rotatable bonds is 10. The number of anilines is 6. The van der Waals surface area contributed by atoms with Gasteiger partial charge in [0.15, 0.2) is 11.5 Å². The molecule has 6 heterocycles. The molecule has 0 bridgehead atoms. The van der Waals surface area contributed by atoms with Gasteiger partial charge in [-0.15, -0.1) is 0 Å². The molecule has 0 aliphatic carbocycles. The summed E-state index contributed by atoms with van der Waals surface area (Å²) in [6.45, 7) is 0. The molecule has 114 heavy (non-hydrogen) atoms. The van der Waals surface area contributed by atoms with E-state index in [-0.39, 0.29) is 0 Å². The fourth-order valence-corrected chi connectivity index (χ4v) is 28.4. The number of para-hydroxylation sites is 6. The van der Waals surface area contributed by atoms with Crippen molar-refractivity contribution >= 4 is 92.0 Å². The van der Waals surface area contributed by atoms with Crippen molar-refractivity contribution < 1.29 is 9.47 Å². The molecule has 0 atom stereocenters. The van der Waals surface area contributed by atoms with Crippen molar-refractivity contribution in [3.63, 3.8) is 0 Å². The van der Waals surface area contributed by atoms with Crippen LogP contribution in [0.1, 0.15) is 44.8 Å². The molecular weight excluding hydrogens is 1420 g/mol. The van der Waals surface area contributed by atoms with Crippen LogP contribution in [0.5, 0.6) is 23.0 Å². The zero-order valence-electron chi connectivity index (χ0n) is 62.7. The van der Waals surface area contributed by atoms with Crippen LogP contribution in [0.15, 0.2) is 473 Å². The highest BCUT2D eigenvalue weighted by Crippen LogP contribution is 2.66. The van der Waals surface area contributed by atoms with Gasteiger partial charge < -0.3 is 29.2 Å². The molecule has 0 saturated carbocycles. The fourth-order valence-electron chi connectivity index (χ4n) is 18.4. The Hall–Kier alpha value is -14.3. The van der Waals surface area contributed by atoms with Crippen molar-refractivity contribution in [1.82, 2.24) is 9.97 Å². The Kier molecular flexibility index (Phi) is 18.8. The lowest BCUT2D eigenvalue weighted by Crippen LogP contribution is -2.79. The molecule has 22 rings (SSSR count). The van der Waals surface area contributed by atoms with Crippen LogP contribution >= 0.6 is 0 Å². The second kappa shape index (κ2) is 30.5. The first-order valence-corrected chi connectivity index (χ1v) is 43.1. The van der Waals surface area contributed by atoms with E-state index < -0.39 is 27.0 Å². The molecule has 0 unspecified atom stereocenters. The molecule has 0 radical (unpaired) electrons. The van der Waals surface area contributed by atoms with Gasteiger partial charge in [-0.25, -0.2) is 0 Å². The lowest BCUT2D eigenvalue weighted by Gasteiger charge is -2.44. The Bertz CT molecular complexity index is 5690. The Morgan fingerprint density at radius 2 is 0.518 bits per heavy atom. The van der Waals surface area contributed by atoms with Gasteiger partial charge in [-0.05, 0) is 107 Å². The van der Waals surface area contributed by atoms with Gasteiger partial charge in [-0.2, -0.15) is 0 Å². The van der Waals surface area contributed by atoms with Gasteiger partial charge in [0, 0.05) is 27.9 Å². The molecule has 4 aliphatic rings. The number of nitrogens with zero attached hydrogens (tertiary/aromatic N) is 2. The summed E-state index contributed by atoms with van der Waals surface area (Å²) in [6, 6.07) is 169. The van der Waals surface area contributed by atoms with Crippen LogP contribution in [-0.4, -0.2) is 26.1 Å². The Morgan fingerprint density at radius 3 is 0.947 bits per heavy atom. The van der Waals surface area contributed by atoms with Crippen LogP contribution in [0.3, 0.4) is 0 Å². The number of aromatic nitrogens is 2. The van der Waals surface area contributed by atoms with E-state index >= 15 is 0 Å². The molecule has 8 heteroatoms. The lowest BCUT2D eigenvalue weighted by atomic mass is 9.64. The second-order valence-corrected chi connectivity index (χ2v) is 36.3. The topological polar surface area (TPSA) is 56.5 Å². The van der Waals surface area contributed by atoms with Crippen LogP contribution in [-0.2, 0) is 10.8 Å². The fraction of sp³-hybridized carbons (Fsp3) is 0.0189. The molecule has 0 spiro atoms. The van der Waals surface area contributed by atoms with E-state index in [2.05, 4.69) is 420 Å². The van der Waals surface area contributed by atoms with Crippen LogP contribution in [0.2, 0.25) is 0 Å². The molecule has 18 aromatic rings. The molecular formula is C106H80N4O2Si2. The first-order chi connectivity index (χ1) is 56.6. The second-order valence-electron chi connectivity index (χ2n) is 28.9. The summed E-state index contributed by atoms with van der Waals surface area (Å²) in [5, 5.41) is 10.3. The summed E-state index contributed by atoms with van der Waals surface area (Å²) >= 11 is 0. The molecule has 2 N–H and O–H groups in total. The molecule has 4 aliphatic heterocycles. The standard InChI is InChI=1S/C48H34N2O.C46H34N2OSi2.2C6H6/c1-6-20-34(21-7-1)47(35-22-8-2-9-23-35)39-30-16-18-32-41(39)50(38-28-14-5-15-29-38)43-44-46(49-45(43)47)48(36-24-10-3-11-25-36,37-26-12-4-13-27-37)40-31-17-19-33-42(40)51-44;1-6-20-34(21-7-1)48-39-30-16-18-32-41(39)50(35-22-8-2-9-23-35,36-24-10-3-11-25-36)45-43(48)44-46(47-45)51(37-26-12-4-13-27-37,38-28-14-5-15-29-38)42-33-19-17-31-40(42)49-44;2*1-2-4-6-5-3-1/h1-33,49H;1-33,47H;2*1-6H. The van der Waals surface area contributed by atoms with Gasteiger partial charge in [-0.1, -0.05) is 425 Å². The number of benzene rings is 16. The molecule has 0 amide bonds. The maximum atomic E-state index is 7.33. The van der Waals surface area contributed by atoms with Crippen molar-refractivity contribution in [2.75, 3.05) is 9.80 Å². The molecule has 16 aromatic carbocycles. The Morgan fingerprint density at radius 1 is 0.219 bits per heavy atom. The predicted octanol–water partition coefficient (Wildman–Crippen LogP) is 20.7. The summed E-state index contributed by atoms with van der Waals surface area (Å²) in [5.74, 6) is 3.51. The van der Waals surface area contributed by atoms with Gasteiger partial charge >= 0.3 is 0 Å². The van der Waals surface area contributed by atoms with E-state index in [1.807, 2.05) is 72.8 Å². The van der Waals surface area contributed by atoms with Crippen molar-refractivity contribution in [2.45, 2.75) is 10.8 Å². The molecule has 2 aromatic heterocycles. The van der Waals surface area contributed by atoms with Gasteiger partial charge in [0.05, 0.1) is 33.2 Å². The monoisotopic (exact) mass is 1500 g/mol. The third-order valence-corrected chi connectivity index (χ3v) is 32.4. The molecule has 0 saturated heterocycles. The zero-order chi connectivity index (χ0) is 76.1. The van der Waals surface area contributed by atoms with Crippen molar-refractivity contribution in [2.24, 2.45) is 0 Å². The third kappa shape index (κ3) is 11.5. The quantitative estimate of drug-likeness (QED) is 0.134. The maximum absolute atomic E-state index is 7.33. The Balaban J connectivity index is 0.000000133. The van der Waals surface area contributed by atoms with Gasteiger partial charge in [-0.3, -0.25) is 0 Å². The third-order valence-electron chi connectivity index (χ3n) is 22.9. The molecule has 0 fully saturated rings. The van der Waals surface area contributed by atoms with Crippen LogP contribution in [0.4, 0.5) is 34.1 Å².